The summed E-state index contributed by atoms with van der Waals surface area (Å²) >= 11 is 0. The number of nitrogens with two attached hydrogens (primary N) is 1. The van der Waals surface area contributed by atoms with Crippen LogP contribution in [-0.4, -0.2) is 25.5 Å². The Morgan fingerprint density at radius 3 is 2.46 bits per heavy atom. The largest absolute Gasteiger partial charge is 0.495 e. The molecule has 3 rings (SSSR count). The molecule has 2 aliphatic carbocycles. The fourth-order valence-corrected chi connectivity index (χ4v) is 4.38. The van der Waals surface area contributed by atoms with Crippen molar-refractivity contribution in [2.75, 3.05) is 24.3 Å². The van der Waals surface area contributed by atoms with Crippen molar-refractivity contribution >= 4 is 35.6 Å². The van der Waals surface area contributed by atoms with Gasteiger partial charge in [0.25, 0.3) is 0 Å². The van der Waals surface area contributed by atoms with Gasteiger partial charge in [-0.25, -0.2) is 0 Å². The van der Waals surface area contributed by atoms with Crippen molar-refractivity contribution in [1.29, 1.82) is 0 Å². The van der Waals surface area contributed by atoms with Crippen LogP contribution in [0.3, 0.4) is 0 Å². The molecule has 0 bridgehead atoms. The summed E-state index contributed by atoms with van der Waals surface area (Å²) in [5.41, 5.74) is 7.07. The Morgan fingerprint density at radius 1 is 1.04 bits per heavy atom. The van der Waals surface area contributed by atoms with Gasteiger partial charge in [0.2, 0.25) is 11.8 Å². The lowest BCUT2D eigenvalue weighted by atomic mass is 9.88. The summed E-state index contributed by atoms with van der Waals surface area (Å²) in [5, 5.41) is 5.99. The molecule has 4 N–H and O–H groups in total. The molecule has 0 aromatic heterocycles. The van der Waals surface area contributed by atoms with Gasteiger partial charge in [0, 0.05) is 17.5 Å². The standard InChI is InChI=1S/C21H31N3O3.ClH/c1-27-19-11-10-16(23-21(26)17-9-5-8-15(17)13-22)12-18(19)24-20(25)14-6-3-2-4-7-14;/h10-12,14-15,17H,2-9,13,22H2,1H3,(H,23,26)(H,24,25);1H/t15-,17-;/m1./s1. The van der Waals surface area contributed by atoms with E-state index >= 15 is 0 Å². The summed E-state index contributed by atoms with van der Waals surface area (Å²) in [6.07, 6.45) is 8.24. The zero-order valence-corrected chi connectivity index (χ0v) is 17.4. The topological polar surface area (TPSA) is 93.4 Å². The molecule has 0 unspecified atom stereocenters. The molecule has 2 saturated carbocycles. The normalized spacial score (nSPS) is 22.2. The van der Waals surface area contributed by atoms with Gasteiger partial charge in [0.15, 0.2) is 0 Å². The number of anilines is 2. The predicted molar refractivity (Wildman–Crippen MR) is 114 cm³/mol. The Morgan fingerprint density at radius 2 is 1.79 bits per heavy atom. The third-order valence-electron chi connectivity index (χ3n) is 6.00. The number of amides is 2. The highest BCUT2D eigenvalue weighted by molar-refractivity contribution is 5.97. The van der Waals surface area contributed by atoms with Crippen molar-refractivity contribution in [3.05, 3.63) is 18.2 Å². The number of halogens is 1. The molecule has 1 aromatic carbocycles. The van der Waals surface area contributed by atoms with Gasteiger partial charge < -0.3 is 21.1 Å². The van der Waals surface area contributed by atoms with Gasteiger partial charge in [0.1, 0.15) is 5.75 Å². The molecule has 0 saturated heterocycles. The van der Waals surface area contributed by atoms with Crippen molar-refractivity contribution < 1.29 is 14.3 Å². The molecule has 2 amide bonds. The number of methoxy groups -OCH3 is 1. The van der Waals surface area contributed by atoms with Crippen molar-refractivity contribution in [2.24, 2.45) is 23.5 Å². The maximum Gasteiger partial charge on any atom is 0.227 e. The fraction of sp³-hybridized carbons (Fsp3) is 0.619. The van der Waals surface area contributed by atoms with Crippen LogP contribution in [0, 0.1) is 17.8 Å². The Bertz CT molecular complexity index is 677. The summed E-state index contributed by atoms with van der Waals surface area (Å²) in [5.74, 6) is 0.933. The zero-order valence-electron chi connectivity index (χ0n) is 16.5. The number of benzene rings is 1. The third kappa shape index (κ3) is 5.39. The third-order valence-corrected chi connectivity index (χ3v) is 6.00. The number of ether oxygens (including phenoxy) is 1. The van der Waals surface area contributed by atoms with Crippen LogP contribution in [-0.2, 0) is 9.59 Å². The lowest BCUT2D eigenvalue weighted by molar-refractivity contribution is -0.121. The molecule has 156 valence electrons. The number of rotatable bonds is 6. The molecule has 2 atom stereocenters. The van der Waals surface area contributed by atoms with Crippen LogP contribution in [0.15, 0.2) is 18.2 Å². The number of hydrogen-bond donors (Lipinski definition) is 3. The SMILES string of the molecule is COc1ccc(NC(=O)[C@@H]2CCC[C@@H]2CN)cc1NC(=O)C1CCCCC1.Cl. The van der Waals surface area contributed by atoms with E-state index in [1.165, 1.54) is 6.42 Å². The van der Waals surface area contributed by atoms with Crippen LogP contribution < -0.4 is 21.1 Å². The average molecular weight is 410 g/mol. The fourth-order valence-electron chi connectivity index (χ4n) is 4.38. The first-order chi connectivity index (χ1) is 13.1. The van der Waals surface area contributed by atoms with E-state index in [-0.39, 0.29) is 42.0 Å². The van der Waals surface area contributed by atoms with Crippen LogP contribution in [0.5, 0.6) is 5.75 Å². The highest BCUT2D eigenvalue weighted by Crippen LogP contribution is 2.34. The van der Waals surface area contributed by atoms with Crippen molar-refractivity contribution in [1.82, 2.24) is 0 Å². The molecular formula is C21H32ClN3O3. The predicted octanol–water partition coefficient (Wildman–Crippen LogP) is 3.95. The smallest absolute Gasteiger partial charge is 0.227 e. The zero-order chi connectivity index (χ0) is 19.2. The minimum absolute atomic E-state index is 0. The summed E-state index contributed by atoms with van der Waals surface area (Å²) in [7, 11) is 1.58. The van der Waals surface area contributed by atoms with E-state index in [0.29, 0.717) is 23.7 Å². The lowest BCUT2D eigenvalue weighted by Crippen LogP contribution is -2.29. The van der Waals surface area contributed by atoms with Gasteiger partial charge >= 0.3 is 0 Å². The Kier molecular flexibility index (Phi) is 8.58. The highest BCUT2D eigenvalue weighted by Gasteiger charge is 2.32. The summed E-state index contributed by atoms with van der Waals surface area (Å²) in [4.78, 5) is 25.2. The van der Waals surface area contributed by atoms with Gasteiger partial charge in [-0.2, -0.15) is 0 Å². The molecule has 7 heteroatoms. The Hall–Kier alpha value is -1.79. The molecule has 6 nitrogen and oxygen atoms in total. The Balaban J connectivity index is 0.00000280. The van der Waals surface area contributed by atoms with E-state index < -0.39 is 0 Å². The highest BCUT2D eigenvalue weighted by atomic mass is 35.5. The van der Waals surface area contributed by atoms with E-state index in [4.69, 9.17) is 10.5 Å². The molecule has 2 aliphatic rings. The van der Waals surface area contributed by atoms with Gasteiger partial charge in [-0.05, 0) is 56.3 Å². The molecule has 0 aliphatic heterocycles. The van der Waals surface area contributed by atoms with Gasteiger partial charge in [-0.1, -0.05) is 25.7 Å². The summed E-state index contributed by atoms with van der Waals surface area (Å²) in [6.45, 7) is 0.545. The van der Waals surface area contributed by atoms with E-state index in [9.17, 15) is 9.59 Å². The minimum atomic E-state index is -0.0302. The Labute approximate surface area is 173 Å². The number of hydrogen-bond acceptors (Lipinski definition) is 4. The van der Waals surface area contributed by atoms with E-state index in [2.05, 4.69) is 10.6 Å². The molecule has 0 radical (unpaired) electrons. The monoisotopic (exact) mass is 409 g/mol. The first kappa shape index (κ1) is 22.5. The van der Waals surface area contributed by atoms with Crippen LogP contribution in [0.2, 0.25) is 0 Å². The minimum Gasteiger partial charge on any atom is -0.495 e. The molecule has 2 fully saturated rings. The van der Waals surface area contributed by atoms with Crippen molar-refractivity contribution in [3.8, 4) is 5.75 Å². The van der Waals surface area contributed by atoms with Crippen LogP contribution >= 0.6 is 12.4 Å². The first-order valence-electron chi connectivity index (χ1n) is 10.1. The first-order valence-corrected chi connectivity index (χ1v) is 10.1. The van der Waals surface area contributed by atoms with E-state index in [1.807, 2.05) is 0 Å². The van der Waals surface area contributed by atoms with Crippen LogP contribution in [0.25, 0.3) is 0 Å². The molecule has 0 heterocycles. The second-order valence-electron chi connectivity index (χ2n) is 7.76. The van der Waals surface area contributed by atoms with Crippen LogP contribution in [0.4, 0.5) is 11.4 Å². The van der Waals surface area contributed by atoms with E-state index in [0.717, 1.165) is 44.9 Å². The van der Waals surface area contributed by atoms with E-state index in [1.54, 1.807) is 25.3 Å². The number of carbonyl (C=O) groups excluding carboxylic acids is 2. The van der Waals surface area contributed by atoms with Gasteiger partial charge in [-0.3, -0.25) is 9.59 Å². The lowest BCUT2D eigenvalue weighted by Gasteiger charge is -2.22. The average Bonchev–Trinajstić information content (AvgIpc) is 3.18. The second kappa shape index (κ2) is 10.7. The number of carbonyl (C=O) groups is 2. The summed E-state index contributed by atoms with van der Waals surface area (Å²) < 4.78 is 5.38. The van der Waals surface area contributed by atoms with Crippen molar-refractivity contribution in [2.45, 2.75) is 51.4 Å². The van der Waals surface area contributed by atoms with Crippen molar-refractivity contribution in [3.63, 3.8) is 0 Å². The van der Waals surface area contributed by atoms with Crippen LogP contribution in [0.1, 0.15) is 51.4 Å². The molecule has 0 spiro atoms. The second-order valence-corrected chi connectivity index (χ2v) is 7.76. The molecule has 1 aromatic rings. The quantitative estimate of drug-likeness (QED) is 0.663. The molecule has 28 heavy (non-hydrogen) atoms. The van der Waals surface area contributed by atoms with Gasteiger partial charge in [-0.15, -0.1) is 12.4 Å². The van der Waals surface area contributed by atoms with Gasteiger partial charge in [0.05, 0.1) is 12.8 Å². The maximum absolute atomic E-state index is 12.6. The number of nitrogens with one attached hydrogen (secondary N) is 2. The molecular weight excluding hydrogens is 378 g/mol. The maximum atomic E-state index is 12.6. The summed E-state index contributed by atoms with van der Waals surface area (Å²) in [6, 6.07) is 5.37.